The van der Waals surface area contributed by atoms with Gasteiger partial charge in [-0.1, -0.05) is 18.2 Å². The second kappa shape index (κ2) is 9.54. The molecule has 9 nitrogen and oxygen atoms in total. The number of alkyl halides is 3. The molecule has 2 aromatic rings. The zero-order valence-electron chi connectivity index (χ0n) is 16.5. The smallest absolute Gasteiger partial charge is 0.452 e. The van der Waals surface area contributed by atoms with Crippen molar-refractivity contribution in [3.05, 3.63) is 63.7 Å². The van der Waals surface area contributed by atoms with Gasteiger partial charge in [-0.25, -0.2) is 4.79 Å². The standard InChI is InChI=1S/C20H18F3N3O6/c21-20(22,23)32-17-4-2-1-3-13(17)10-24-18(27)11-31-19(28)12-5-8-15(25-14-6-7-14)16(9-12)26(29)30/h1-5,8-9,14,25H,6-7,10-11H2,(H,24,27). The molecule has 3 rings (SSSR count). The summed E-state index contributed by atoms with van der Waals surface area (Å²) < 4.78 is 46.1. The highest BCUT2D eigenvalue weighted by Crippen LogP contribution is 2.31. The van der Waals surface area contributed by atoms with Crippen LogP contribution in [0, 0.1) is 10.1 Å². The van der Waals surface area contributed by atoms with Crippen LogP contribution in [-0.4, -0.2) is 35.8 Å². The van der Waals surface area contributed by atoms with Crippen molar-refractivity contribution in [3.63, 3.8) is 0 Å². The Morgan fingerprint density at radius 2 is 1.88 bits per heavy atom. The molecule has 0 aromatic heterocycles. The van der Waals surface area contributed by atoms with Gasteiger partial charge in [-0.2, -0.15) is 0 Å². The number of rotatable bonds is 9. The number of carbonyl (C=O) groups excluding carboxylic acids is 2. The van der Waals surface area contributed by atoms with E-state index in [1.807, 2.05) is 0 Å². The van der Waals surface area contributed by atoms with Crippen molar-refractivity contribution >= 4 is 23.3 Å². The number of benzene rings is 2. The van der Waals surface area contributed by atoms with Crippen LogP contribution in [-0.2, 0) is 16.1 Å². The lowest BCUT2D eigenvalue weighted by molar-refractivity contribution is -0.384. The summed E-state index contributed by atoms with van der Waals surface area (Å²) in [5.74, 6) is -2.20. The number of nitro benzene ring substituents is 1. The van der Waals surface area contributed by atoms with E-state index in [0.29, 0.717) is 0 Å². The summed E-state index contributed by atoms with van der Waals surface area (Å²) in [7, 11) is 0. The first-order valence-electron chi connectivity index (χ1n) is 9.45. The lowest BCUT2D eigenvalue weighted by Crippen LogP contribution is -2.29. The molecular formula is C20H18F3N3O6. The molecule has 170 valence electrons. The quantitative estimate of drug-likeness (QED) is 0.339. The van der Waals surface area contributed by atoms with Gasteiger partial charge in [0.1, 0.15) is 11.4 Å². The number of para-hydroxylation sites is 1. The number of halogens is 3. The molecule has 1 amide bonds. The van der Waals surface area contributed by atoms with Gasteiger partial charge in [-0.15, -0.1) is 13.2 Å². The molecule has 1 aliphatic rings. The first-order chi connectivity index (χ1) is 15.1. The Bertz CT molecular complexity index is 1020. The number of nitro groups is 1. The number of ether oxygens (including phenoxy) is 2. The number of carbonyl (C=O) groups is 2. The molecular weight excluding hydrogens is 435 g/mol. The molecule has 0 bridgehead atoms. The van der Waals surface area contributed by atoms with Crippen molar-refractivity contribution < 1.29 is 37.2 Å². The Kier molecular flexibility index (Phi) is 6.81. The predicted octanol–water partition coefficient (Wildman–Crippen LogP) is 3.54. The summed E-state index contributed by atoms with van der Waals surface area (Å²) in [6.45, 7) is -1.02. The van der Waals surface area contributed by atoms with Crippen LogP contribution in [0.4, 0.5) is 24.5 Å². The molecule has 1 aliphatic carbocycles. The fourth-order valence-corrected chi connectivity index (χ4v) is 2.71. The topological polar surface area (TPSA) is 120 Å². The fraction of sp³-hybridized carbons (Fsp3) is 0.300. The monoisotopic (exact) mass is 453 g/mol. The summed E-state index contributed by atoms with van der Waals surface area (Å²) in [5, 5.41) is 16.6. The second-order valence-corrected chi connectivity index (χ2v) is 6.92. The average molecular weight is 453 g/mol. The Hall–Kier alpha value is -3.83. The highest BCUT2D eigenvalue weighted by Gasteiger charge is 2.32. The Morgan fingerprint density at radius 1 is 1.16 bits per heavy atom. The summed E-state index contributed by atoms with van der Waals surface area (Å²) in [5.41, 5.74) is -0.0581. The van der Waals surface area contributed by atoms with Crippen LogP contribution in [0.25, 0.3) is 0 Å². The minimum atomic E-state index is -4.89. The van der Waals surface area contributed by atoms with Crippen LogP contribution in [0.5, 0.6) is 5.75 Å². The number of anilines is 1. The molecule has 0 spiro atoms. The molecule has 0 unspecified atom stereocenters. The minimum absolute atomic E-state index is 0.0684. The van der Waals surface area contributed by atoms with Crippen LogP contribution < -0.4 is 15.4 Å². The van der Waals surface area contributed by atoms with Crippen molar-refractivity contribution in [3.8, 4) is 5.75 Å². The summed E-state index contributed by atoms with van der Waals surface area (Å²) in [6, 6.07) is 9.20. The van der Waals surface area contributed by atoms with E-state index >= 15 is 0 Å². The number of hydrogen-bond acceptors (Lipinski definition) is 7. The van der Waals surface area contributed by atoms with Crippen LogP contribution in [0.1, 0.15) is 28.8 Å². The van der Waals surface area contributed by atoms with Crippen LogP contribution >= 0.6 is 0 Å². The second-order valence-electron chi connectivity index (χ2n) is 6.92. The highest BCUT2D eigenvalue weighted by atomic mass is 19.4. The van der Waals surface area contributed by atoms with Crippen molar-refractivity contribution in [1.82, 2.24) is 5.32 Å². The SMILES string of the molecule is O=C(COC(=O)c1ccc(NC2CC2)c([N+](=O)[O-])c1)NCc1ccccc1OC(F)(F)F. The third kappa shape index (κ3) is 6.59. The first kappa shape index (κ1) is 22.8. The van der Waals surface area contributed by atoms with Gasteiger partial charge in [-0.05, 0) is 31.0 Å². The molecule has 0 radical (unpaired) electrons. The largest absolute Gasteiger partial charge is 0.573 e. The van der Waals surface area contributed by atoms with Crippen molar-refractivity contribution in [2.45, 2.75) is 31.8 Å². The Labute approximate surface area is 179 Å². The van der Waals surface area contributed by atoms with E-state index in [1.165, 1.54) is 30.3 Å². The van der Waals surface area contributed by atoms with Gasteiger partial charge in [0.25, 0.3) is 11.6 Å². The molecule has 1 fully saturated rings. The van der Waals surface area contributed by atoms with E-state index in [2.05, 4.69) is 15.4 Å². The van der Waals surface area contributed by atoms with Gasteiger partial charge >= 0.3 is 12.3 Å². The van der Waals surface area contributed by atoms with E-state index in [-0.39, 0.29) is 35.1 Å². The number of esters is 1. The lowest BCUT2D eigenvalue weighted by atomic mass is 10.1. The maximum Gasteiger partial charge on any atom is 0.573 e. The predicted molar refractivity (Wildman–Crippen MR) is 105 cm³/mol. The average Bonchev–Trinajstić information content (AvgIpc) is 3.54. The summed E-state index contributed by atoms with van der Waals surface area (Å²) in [6.07, 6.45) is -3.08. The Balaban J connectivity index is 1.55. The van der Waals surface area contributed by atoms with E-state index in [0.717, 1.165) is 25.0 Å². The third-order valence-electron chi connectivity index (χ3n) is 4.38. The molecule has 2 aromatic carbocycles. The van der Waals surface area contributed by atoms with Gasteiger partial charge in [0.05, 0.1) is 10.5 Å². The van der Waals surface area contributed by atoms with Crippen molar-refractivity contribution in [1.29, 1.82) is 0 Å². The third-order valence-corrected chi connectivity index (χ3v) is 4.38. The molecule has 0 heterocycles. The Morgan fingerprint density at radius 3 is 2.53 bits per heavy atom. The molecule has 12 heteroatoms. The van der Waals surface area contributed by atoms with Crippen LogP contribution in [0.15, 0.2) is 42.5 Å². The fourth-order valence-electron chi connectivity index (χ4n) is 2.71. The van der Waals surface area contributed by atoms with E-state index < -0.39 is 35.5 Å². The maximum atomic E-state index is 12.4. The normalized spacial score (nSPS) is 13.2. The molecule has 0 aliphatic heterocycles. The summed E-state index contributed by atoms with van der Waals surface area (Å²) in [4.78, 5) is 34.7. The van der Waals surface area contributed by atoms with E-state index in [9.17, 15) is 32.9 Å². The zero-order valence-corrected chi connectivity index (χ0v) is 16.5. The molecule has 1 saturated carbocycles. The van der Waals surface area contributed by atoms with Crippen molar-refractivity contribution in [2.24, 2.45) is 0 Å². The van der Waals surface area contributed by atoms with Crippen molar-refractivity contribution in [2.75, 3.05) is 11.9 Å². The molecule has 0 saturated heterocycles. The van der Waals surface area contributed by atoms with Gasteiger partial charge in [0, 0.05) is 24.2 Å². The molecule has 0 atom stereocenters. The number of amides is 1. The number of nitrogens with zero attached hydrogens (tertiary/aromatic N) is 1. The van der Waals surface area contributed by atoms with Crippen LogP contribution in [0.3, 0.4) is 0 Å². The first-order valence-corrected chi connectivity index (χ1v) is 9.45. The highest BCUT2D eigenvalue weighted by molar-refractivity contribution is 5.93. The maximum absolute atomic E-state index is 12.4. The van der Waals surface area contributed by atoms with E-state index in [1.54, 1.807) is 0 Å². The minimum Gasteiger partial charge on any atom is -0.452 e. The van der Waals surface area contributed by atoms with Gasteiger partial charge in [-0.3, -0.25) is 14.9 Å². The lowest BCUT2D eigenvalue weighted by Gasteiger charge is -2.13. The number of hydrogen-bond donors (Lipinski definition) is 2. The number of nitrogens with one attached hydrogen (secondary N) is 2. The zero-order chi connectivity index (χ0) is 23.3. The van der Waals surface area contributed by atoms with Gasteiger partial charge in [0.2, 0.25) is 0 Å². The van der Waals surface area contributed by atoms with E-state index in [4.69, 9.17) is 4.74 Å². The van der Waals surface area contributed by atoms with Gasteiger partial charge in [0.15, 0.2) is 6.61 Å². The van der Waals surface area contributed by atoms with Crippen LogP contribution in [0.2, 0.25) is 0 Å². The van der Waals surface area contributed by atoms with Gasteiger partial charge < -0.3 is 20.1 Å². The molecule has 2 N–H and O–H groups in total. The summed E-state index contributed by atoms with van der Waals surface area (Å²) >= 11 is 0. The molecule has 32 heavy (non-hydrogen) atoms.